The van der Waals surface area contributed by atoms with Gasteiger partial charge in [-0.1, -0.05) is 48.0 Å². The largest absolute Gasteiger partial charge is 0.464 e. The lowest BCUT2D eigenvalue weighted by atomic mass is 9.91. The van der Waals surface area contributed by atoms with E-state index in [0.717, 1.165) is 10.9 Å². The number of fused-ring (bicyclic) bond motifs is 1. The molecule has 0 amide bonds. The third kappa shape index (κ3) is 2.32. The highest BCUT2D eigenvalue weighted by Gasteiger charge is 2.24. The van der Waals surface area contributed by atoms with Gasteiger partial charge in [-0.05, 0) is 18.6 Å². The summed E-state index contributed by atoms with van der Waals surface area (Å²) in [5.41, 5.74) is 2.91. The van der Waals surface area contributed by atoms with Gasteiger partial charge in [0.25, 0.3) is 0 Å². The highest BCUT2D eigenvalue weighted by molar-refractivity contribution is 6.11. The highest BCUT2D eigenvalue weighted by Crippen LogP contribution is 2.27. The van der Waals surface area contributed by atoms with Crippen molar-refractivity contribution in [1.29, 1.82) is 5.26 Å². The molecule has 0 spiro atoms. The molecule has 0 bridgehead atoms. The maximum Gasteiger partial charge on any atom is 0.188 e. The van der Waals surface area contributed by atoms with Crippen molar-refractivity contribution in [3.63, 3.8) is 0 Å². The van der Waals surface area contributed by atoms with Crippen LogP contribution in [0.15, 0.2) is 59.2 Å². The molecular formula is C18H13NO2. The molecule has 3 nitrogen and oxygen atoms in total. The Kier molecular flexibility index (Phi) is 3.29. The molecule has 0 aliphatic carbocycles. The van der Waals surface area contributed by atoms with E-state index in [9.17, 15) is 10.1 Å². The Balaban J connectivity index is 2.03. The molecule has 0 N–H and O–H groups in total. The summed E-state index contributed by atoms with van der Waals surface area (Å²) in [6.45, 7) is 1.97. The fourth-order valence-corrected chi connectivity index (χ4v) is 2.37. The van der Waals surface area contributed by atoms with Crippen LogP contribution in [0.2, 0.25) is 0 Å². The van der Waals surface area contributed by atoms with Gasteiger partial charge in [0.1, 0.15) is 17.8 Å². The first kappa shape index (κ1) is 13.1. The Hall–Kier alpha value is -2.86. The molecule has 1 atom stereocenters. The van der Waals surface area contributed by atoms with Gasteiger partial charge in [0.05, 0.1) is 11.6 Å². The highest BCUT2D eigenvalue weighted by atomic mass is 16.3. The van der Waals surface area contributed by atoms with Crippen LogP contribution >= 0.6 is 0 Å². The molecule has 2 aromatic carbocycles. The maximum atomic E-state index is 12.7. The first-order valence-corrected chi connectivity index (χ1v) is 6.67. The van der Waals surface area contributed by atoms with Crippen LogP contribution in [0, 0.1) is 18.3 Å². The number of furan rings is 1. The summed E-state index contributed by atoms with van der Waals surface area (Å²) < 4.78 is 5.39. The van der Waals surface area contributed by atoms with Crippen LogP contribution in [0.1, 0.15) is 27.4 Å². The molecule has 1 heterocycles. The van der Waals surface area contributed by atoms with E-state index >= 15 is 0 Å². The van der Waals surface area contributed by atoms with Gasteiger partial charge in [0.2, 0.25) is 0 Å². The van der Waals surface area contributed by atoms with Crippen molar-refractivity contribution in [3.8, 4) is 6.07 Å². The Bertz CT molecular complexity index is 838. The fraction of sp³-hybridized carbons (Fsp3) is 0.111. The minimum atomic E-state index is -0.813. The Labute approximate surface area is 122 Å². The molecule has 0 aliphatic rings. The first-order chi connectivity index (χ1) is 10.2. The van der Waals surface area contributed by atoms with Gasteiger partial charge in [0, 0.05) is 5.39 Å². The van der Waals surface area contributed by atoms with Gasteiger partial charge >= 0.3 is 0 Å². The van der Waals surface area contributed by atoms with E-state index < -0.39 is 5.92 Å². The number of hydrogen-bond acceptors (Lipinski definition) is 3. The Morgan fingerprint density at radius 3 is 2.57 bits per heavy atom. The van der Waals surface area contributed by atoms with Crippen molar-refractivity contribution in [1.82, 2.24) is 0 Å². The summed E-state index contributed by atoms with van der Waals surface area (Å²) in [5.74, 6) is -1.04. The normalized spacial score (nSPS) is 12.0. The average molecular weight is 275 g/mol. The summed E-state index contributed by atoms with van der Waals surface area (Å²) in [6.07, 6.45) is 1.44. The van der Waals surface area contributed by atoms with E-state index in [-0.39, 0.29) is 5.78 Å². The van der Waals surface area contributed by atoms with Crippen LogP contribution in [-0.4, -0.2) is 5.78 Å². The SMILES string of the molecule is Cc1ccc(C(C#N)C(=O)c2coc3ccccc23)cc1. The van der Waals surface area contributed by atoms with Gasteiger partial charge in [-0.15, -0.1) is 0 Å². The standard InChI is InChI=1S/C18H13NO2/c1-12-6-8-13(9-7-12)15(10-19)18(20)16-11-21-17-5-3-2-4-14(16)17/h2-9,11,15H,1H3. The number of ketones is 1. The van der Waals surface area contributed by atoms with Crippen LogP contribution in [0.25, 0.3) is 11.0 Å². The number of para-hydroxylation sites is 1. The van der Waals surface area contributed by atoms with Crippen molar-refractivity contribution in [2.24, 2.45) is 0 Å². The Morgan fingerprint density at radius 2 is 1.86 bits per heavy atom. The van der Waals surface area contributed by atoms with Gasteiger partial charge in [-0.2, -0.15) is 5.26 Å². The van der Waals surface area contributed by atoms with Crippen LogP contribution in [-0.2, 0) is 0 Å². The fourth-order valence-electron chi connectivity index (χ4n) is 2.37. The molecule has 102 valence electrons. The second-order valence-corrected chi connectivity index (χ2v) is 4.98. The lowest BCUT2D eigenvalue weighted by Gasteiger charge is -2.08. The maximum absolute atomic E-state index is 12.7. The molecule has 0 radical (unpaired) electrons. The van der Waals surface area contributed by atoms with Crippen LogP contribution < -0.4 is 0 Å². The first-order valence-electron chi connectivity index (χ1n) is 6.67. The Morgan fingerprint density at radius 1 is 1.14 bits per heavy atom. The summed E-state index contributed by atoms with van der Waals surface area (Å²) in [4.78, 5) is 12.7. The summed E-state index contributed by atoms with van der Waals surface area (Å²) in [5, 5.41) is 10.1. The molecule has 0 saturated heterocycles. The molecule has 0 saturated carbocycles. The van der Waals surface area contributed by atoms with E-state index in [0.29, 0.717) is 16.7 Å². The van der Waals surface area contributed by atoms with Crippen molar-refractivity contribution in [3.05, 3.63) is 71.5 Å². The number of hydrogen-bond donors (Lipinski definition) is 0. The predicted molar refractivity (Wildman–Crippen MR) is 80.1 cm³/mol. The zero-order valence-electron chi connectivity index (χ0n) is 11.5. The van der Waals surface area contributed by atoms with Gasteiger partial charge in [-0.25, -0.2) is 0 Å². The summed E-state index contributed by atoms with van der Waals surface area (Å²) in [7, 11) is 0. The number of carbonyl (C=O) groups is 1. The van der Waals surface area contributed by atoms with Gasteiger partial charge in [0.15, 0.2) is 5.78 Å². The molecule has 3 aromatic rings. The summed E-state index contributed by atoms with van der Waals surface area (Å²) >= 11 is 0. The molecule has 3 heteroatoms. The quantitative estimate of drug-likeness (QED) is 0.672. The number of aryl methyl sites for hydroxylation is 1. The monoisotopic (exact) mass is 275 g/mol. The van der Waals surface area contributed by atoms with E-state index in [1.807, 2.05) is 49.4 Å². The number of Topliss-reactive ketones (excluding diaryl/α,β-unsaturated/α-hetero) is 1. The van der Waals surface area contributed by atoms with Crippen molar-refractivity contribution in [2.75, 3.05) is 0 Å². The second-order valence-electron chi connectivity index (χ2n) is 4.98. The molecule has 21 heavy (non-hydrogen) atoms. The minimum absolute atomic E-state index is 0.230. The number of nitrogens with zero attached hydrogens (tertiary/aromatic N) is 1. The molecule has 1 aromatic heterocycles. The predicted octanol–water partition coefficient (Wildman–Crippen LogP) is 4.23. The molecule has 1 unspecified atom stereocenters. The van der Waals surface area contributed by atoms with Crippen LogP contribution in [0.3, 0.4) is 0 Å². The number of benzene rings is 2. The lowest BCUT2D eigenvalue weighted by molar-refractivity contribution is 0.0979. The summed E-state index contributed by atoms with van der Waals surface area (Å²) in [6, 6.07) is 16.9. The van der Waals surface area contributed by atoms with Crippen molar-refractivity contribution in [2.45, 2.75) is 12.8 Å². The number of rotatable bonds is 3. The van der Waals surface area contributed by atoms with E-state index in [1.54, 1.807) is 6.07 Å². The van der Waals surface area contributed by atoms with E-state index in [4.69, 9.17) is 4.42 Å². The zero-order chi connectivity index (χ0) is 14.8. The third-order valence-corrected chi connectivity index (χ3v) is 3.55. The number of carbonyl (C=O) groups excluding carboxylic acids is 1. The smallest absolute Gasteiger partial charge is 0.188 e. The third-order valence-electron chi connectivity index (χ3n) is 3.55. The van der Waals surface area contributed by atoms with Gasteiger partial charge < -0.3 is 4.42 Å². The van der Waals surface area contributed by atoms with E-state index in [1.165, 1.54) is 6.26 Å². The lowest BCUT2D eigenvalue weighted by Crippen LogP contribution is -2.10. The van der Waals surface area contributed by atoms with E-state index in [2.05, 4.69) is 6.07 Å². The van der Waals surface area contributed by atoms with Crippen LogP contribution in [0.5, 0.6) is 0 Å². The molecule has 3 rings (SSSR count). The van der Waals surface area contributed by atoms with Crippen molar-refractivity contribution >= 4 is 16.8 Å². The second kappa shape index (κ2) is 5.26. The van der Waals surface area contributed by atoms with Gasteiger partial charge in [-0.3, -0.25) is 4.79 Å². The zero-order valence-corrected chi connectivity index (χ0v) is 11.5. The van der Waals surface area contributed by atoms with Crippen molar-refractivity contribution < 1.29 is 9.21 Å². The number of nitriles is 1. The topological polar surface area (TPSA) is 54.0 Å². The molecular weight excluding hydrogens is 262 g/mol. The molecule has 0 aliphatic heterocycles. The molecule has 0 fully saturated rings. The minimum Gasteiger partial charge on any atom is -0.464 e. The van der Waals surface area contributed by atoms with Crippen LogP contribution in [0.4, 0.5) is 0 Å². The average Bonchev–Trinajstić information content (AvgIpc) is 2.94.